The Morgan fingerprint density at radius 3 is 2.50 bits per heavy atom. The summed E-state index contributed by atoms with van der Waals surface area (Å²) in [6.07, 6.45) is 4.63. The highest BCUT2D eigenvalue weighted by Crippen LogP contribution is 2.63. The van der Waals surface area contributed by atoms with Gasteiger partial charge in [-0.25, -0.2) is 0 Å². The van der Waals surface area contributed by atoms with Crippen molar-refractivity contribution in [3.63, 3.8) is 0 Å². The predicted octanol–water partition coefficient (Wildman–Crippen LogP) is 2.25. The fourth-order valence-corrected chi connectivity index (χ4v) is 6.03. The Hall–Kier alpha value is -0.420. The lowest BCUT2D eigenvalue weighted by Crippen LogP contribution is -2.58. The number of hydrogen-bond acceptors (Lipinski definition) is 4. The van der Waals surface area contributed by atoms with E-state index in [1.165, 1.54) is 5.57 Å². The van der Waals surface area contributed by atoms with Crippen LogP contribution in [0.1, 0.15) is 59.8 Å². The lowest BCUT2D eigenvalue weighted by molar-refractivity contribution is -0.131. The van der Waals surface area contributed by atoms with Crippen LogP contribution in [0.15, 0.2) is 11.6 Å². The molecule has 0 unspecified atom stereocenters. The summed E-state index contributed by atoms with van der Waals surface area (Å²) < 4.78 is 0. The van der Waals surface area contributed by atoms with Crippen molar-refractivity contribution in [2.75, 3.05) is 6.61 Å². The van der Waals surface area contributed by atoms with Gasteiger partial charge in [-0.15, -0.1) is 0 Å². The standard InChI is InChI=1S/C20H34O4/c1-18(2)15-9-14(22)12-10-19(3,17(24)11-21)7-5-13(12)20(15,4)8-6-16(18)23/h5,12,14-17,21-24H,6-11H2,1-4H3/t12-,14-,15-,16-,17+,19+,20+/m0/s1. The summed E-state index contributed by atoms with van der Waals surface area (Å²) in [4.78, 5) is 0. The Bertz CT molecular complexity index is 528. The van der Waals surface area contributed by atoms with Crippen LogP contribution in [0.5, 0.6) is 0 Å². The molecule has 0 aliphatic heterocycles. The molecule has 2 saturated carbocycles. The third kappa shape index (κ3) is 2.49. The number of rotatable bonds is 2. The van der Waals surface area contributed by atoms with Crippen molar-refractivity contribution >= 4 is 0 Å². The molecular formula is C20H34O4. The Kier molecular flexibility index (Phi) is 4.44. The van der Waals surface area contributed by atoms with E-state index in [4.69, 9.17) is 0 Å². The van der Waals surface area contributed by atoms with Crippen LogP contribution in [-0.4, -0.2) is 45.3 Å². The SMILES string of the molecule is CC1(C)[C@@H](O)CC[C@]2(C)C3=CC[C@@](C)([C@H](O)CO)C[C@@H]3[C@@H](O)C[C@@H]12. The normalized spacial score (nSPS) is 48.9. The molecule has 4 heteroatoms. The van der Waals surface area contributed by atoms with Crippen LogP contribution in [0.2, 0.25) is 0 Å². The highest BCUT2D eigenvalue weighted by molar-refractivity contribution is 5.29. The third-order valence-corrected chi connectivity index (χ3v) is 7.92. The smallest absolute Gasteiger partial charge is 0.0827 e. The predicted molar refractivity (Wildman–Crippen MR) is 93.2 cm³/mol. The van der Waals surface area contributed by atoms with Gasteiger partial charge >= 0.3 is 0 Å². The minimum Gasteiger partial charge on any atom is -0.394 e. The fraction of sp³-hybridized carbons (Fsp3) is 0.900. The van der Waals surface area contributed by atoms with Gasteiger partial charge in [-0.2, -0.15) is 0 Å². The van der Waals surface area contributed by atoms with E-state index >= 15 is 0 Å². The van der Waals surface area contributed by atoms with E-state index in [9.17, 15) is 20.4 Å². The first-order valence-corrected chi connectivity index (χ1v) is 9.42. The first kappa shape index (κ1) is 18.4. The monoisotopic (exact) mass is 338 g/mol. The van der Waals surface area contributed by atoms with E-state index in [-0.39, 0.29) is 40.8 Å². The summed E-state index contributed by atoms with van der Waals surface area (Å²) >= 11 is 0. The fourth-order valence-electron chi connectivity index (χ4n) is 6.03. The Labute approximate surface area is 145 Å². The van der Waals surface area contributed by atoms with Crippen molar-refractivity contribution in [2.45, 2.75) is 78.1 Å². The minimum absolute atomic E-state index is 0.0120. The minimum atomic E-state index is -0.752. The molecule has 3 rings (SSSR count). The van der Waals surface area contributed by atoms with E-state index < -0.39 is 12.2 Å². The summed E-state index contributed by atoms with van der Waals surface area (Å²) in [6.45, 7) is 8.35. The molecule has 0 aromatic carbocycles. The Morgan fingerprint density at radius 1 is 1.21 bits per heavy atom. The molecule has 3 aliphatic rings. The molecule has 4 N–H and O–H groups in total. The van der Waals surface area contributed by atoms with Crippen LogP contribution >= 0.6 is 0 Å². The molecule has 0 aromatic heterocycles. The second-order valence-corrected chi connectivity index (χ2v) is 9.68. The Balaban J connectivity index is 1.98. The maximum atomic E-state index is 10.9. The van der Waals surface area contributed by atoms with Crippen LogP contribution in [0.25, 0.3) is 0 Å². The van der Waals surface area contributed by atoms with Crippen LogP contribution < -0.4 is 0 Å². The molecule has 3 aliphatic carbocycles. The van der Waals surface area contributed by atoms with Crippen molar-refractivity contribution in [2.24, 2.45) is 28.1 Å². The topological polar surface area (TPSA) is 80.9 Å². The second-order valence-electron chi connectivity index (χ2n) is 9.68. The van der Waals surface area contributed by atoms with Gasteiger partial charge in [-0.3, -0.25) is 0 Å². The van der Waals surface area contributed by atoms with Crippen molar-refractivity contribution in [3.05, 3.63) is 11.6 Å². The van der Waals surface area contributed by atoms with Gasteiger partial charge < -0.3 is 20.4 Å². The van der Waals surface area contributed by atoms with Crippen molar-refractivity contribution in [1.29, 1.82) is 0 Å². The van der Waals surface area contributed by atoms with Crippen LogP contribution in [0, 0.1) is 28.1 Å². The number of allylic oxidation sites excluding steroid dienone is 1. The molecule has 138 valence electrons. The van der Waals surface area contributed by atoms with E-state index in [1.807, 2.05) is 6.92 Å². The summed E-state index contributed by atoms with van der Waals surface area (Å²) in [6, 6.07) is 0. The number of aliphatic hydroxyl groups excluding tert-OH is 4. The lowest BCUT2D eigenvalue weighted by atomic mass is 9.45. The van der Waals surface area contributed by atoms with Gasteiger partial charge in [0.25, 0.3) is 0 Å². The molecule has 2 fully saturated rings. The maximum Gasteiger partial charge on any atom is 0.0827 e. The second kappa shape index (κ2) is 5.80. The molecule has 0 radical (unpaired) electrons. The molecule has 0 amide bonds. The van der Waals surface area contributed by atoms with Gasteiger partial charge in [-0.1, -0.05) is 39.3 Å². The number of fused-ring (bicyclic) bond motifs is 3. The first-order chi connectivity index (χ1) is 11.1. The van der Waals surface area contributed by atoms with Gasteiger partial charge in [0.15, 0.2) is 0 Å². The van der Waals surface area contributed by atoms with Gasteiger partial charge in [-0.05, 0) is 54.3 Å². The molecular weight excluding hydrogens is 304 g/mol. The van der Waals surface area contributed by atoms with Crippen molar-refractivity contribution in [3.8, 4) is 0 Å². The van der Waals surface area contributed by atoms with Gasteiger partial charge in [0, 0.05) is 5.92 Å². The van der Waals surface area contributed by atoms with Gasteiger partial charge in [0.05, 0.1) is 24.9 Å². The zero-order chi connectivity index (χ0) is 17.9. The summed E-state index contributed by atoms with van der Waals surface area (Å²) in [5.41, 5.74) is 0.758. The van der Waals surface area contributed by atoms with Gasteiger partial charge in [0.2, 0.25) is 0 Å². The largest absolute Gasteiger partial charge is 0.394 e. The van der Waals surface area contributed by atoms with E-state index in [0.29, 0.717) is 12.8 Å². The van der Waals surface area contributed by atoms with Crippen LogP contribution in [0.3, 0.4) is 0 Å². The number of aliphatic hydroxyl groups is 4. The van der Waals surface area contributed by atoms with Crippen molar-refractivity contribution < 1.29 is 20.4 Å². The van der Waals surface area contributed by atoms with E-state index in [1.54, 1.807) is 0 Å². The summed E-state index contributed by atoms with van der Waals surface area (Å²) in [5, 5.41) is 41.0. The summed E-state index contributed by atoms with van der Waals surface area (Å²) in [7, 11) is 0. The first-order valence-electron chi connectivity index (χ1n) is 9.42. The van der Waals surface area contributed by atoms with Crippen molar-refractivity contribution in [1.82, 2.24) is 0 Å². The summed E-state index contributed by atoms with van der Waals surface area (Å²) in [5.74, 6) is 0.315. The van der Waals surface area contributed by atoms with E-state index in [0.717, 1.165) is 19.3 Å². The van der Waals surface area contributed by atoms with Gasteiger partial charge in [0.1, 0.15) is 0 Å². The number of hydrogen-bond donors (Lipinski definition) is 4. The average molecular weight is 338 g/mol. The molecule has 24 heavy (non-hydrogen) atoms. The molecule has 0 heterocycles. The zero-order valence-electron chi connectivity index (χ0n) is 15.5. The molecule has 0 aromatic rings. The average Bonchev–Trinajstić information content (AvgIpc) is 2.53. The van der Waals surface area contributed by atoms with Crippen LogP contribution in [0.4, 0.5) is 0 Å². The molecule has 0 bridgehead atoms. The highest BCUT2D eigenvalue weighted by atomic mass is 16.3. The maximum absolute atomic E-state index is 10.9. The highest BCUT2D eigenvalue weighted by Gasteiger charge is 2.59. The van der Waals surface area contributed by atoms with Crippen LogP contribution in [-0.2, 0) is 0 Å². The zero-order valence-corrected chi connectivity index (χ0v) is 15.5. The molecule has 4 nitrogen and oxygen atoms in total. The van der Waals surface area contributed by atoms with E-state index in [2.05, 4.69) is 26.8 Å². The molecule has 0 saturated heterocycles. The third-order valence-electron chi connectivity index (χ3n) is 7.92. The molecule has 7 atom stereocenters. The molecule has 0 spiro atoms. The Morgan fingerprint density at radius 2 is 1.88 bits per heavy atom. The quantitative estimate of drug-likeness (QED) is 0.582. The lowest BCUT2D eigenvalue weighted by Gasteiger charge is -2.61.